The van der Waals surface area contributed by atoms with Crippen molar-refractivity contribution in [2.24, 2.45) is 5.73 Å². The van der Waals surface area contributed by atoms with E-state index in [0.29, 0.717) is 24.3 Å². The van der Waals surface area contributed by atoms with E-state index in [0.717, 1.165) is 0 Å². The van der Waals surface area contributed by atoms with Crippen LogP contribution in [0.25, 0.3) is 0 Å². The summed E-state index contributed by atoms with van der Waals surface area (Å²) in [6.45, 7) is 1.51. The number of nitrogens with two attached hydrogens (primary N) is 1. The molecule has 0 aromatic rings. The third-order valence-electron chi connectivity index (χ3n) is 3.70. The number of hydrogen-bond acceptors (Lipinski definition) is 8. The summed E-state index contributed by atoms with van der Waals surface area (Å²) < 4.78 is 0. The van der Waals surface area contributed by atoms with Crippen molar-refractivity contribution in [1.82, 2.24) is 16.0 Å². The van der Waals surface area contributed by atoms with E-state index in [4.69, 9.17) is 10.8 Å². The van der Waals surface area contributed by atoms with Gasteiger partial charge in [-0.25, -0.2) is 4.79 Å². The number of carboxylic acids is 1. The molecule has 28 heavy (non-hydrogen) atoms. The van der Waals surface area contributed by atoms with Gasteiger partial charge in [0.25, 0.3) is 0 Å². The minimum atomic E-state index is -1.21. The van der Waals surface area contributed by atoms with Crippen molar-refractivity contribution >= 4 is 59.8 Å². The Balaban J connectivity index is 5.21. The zero-order valence-corrected chi connectivity index (χ0v) is 18.8. The predicted octanol–water partition coefficient (Wildman–Crippen LogP) is -0.691. The Hall–Kier alpha value is -1.11. The summed E-state index contributed by atoms with van der Waals surface area (Å²) in [6, 6.07) is -3.69. The standard InChI is InChI=1S/C16H30N4O5S3/c1-9(17)13(21)18-10(4-6-27-2)14(22)19-11(5-7-28-3)15(23)20-12(8-26)16(24)25/h9-12,26H,4-8,17H2,1-3H3,(H,18,21)(H,19,22)(H,20,23)(H,24,25). The molecule has 0 aliphatic heterocycles. The van der Waals surface area contributed by atoms with Gasteiger partial charge in [0.15, 0.2) is 0 Å². The summed E-state index contributed by atoms with van der Waals surface area (Å²) in [5.41, 5.74) is 5.55. The molecule has 0 aliphatic carbocycles. The molecular weight excluding hydrogens is 424 g/mol. The maximum Gasteiger partial charge on any atom is 0.327 e. The van der Waals surface area contributed by atoms with Crippen LogP contribution in [-0.2, 0) is 19.2 Å². The van der Waals surface area contributed by atoms with Crippen LogP contribution < -0.4 is 21.7 Å². The van der Waals surface area contributed by atoms with Crippen LogP contribution >= 0.6 is 36.2 Å². The Morgan fingerprint density at radius 2 is 1.29 bits per heavy atom. The predicted molar refractivity (Wildman–Crippen MR) is 117 cm³/mol. The summed E-state index contributed by atoms with van der Waals surface area (Å²) in [4.78, 5) is 48.2. The quantitative estimate of drug-likeness (QED) is 0.189. The minimum Gasteiger partial charge on any atom is -0.480 e. The number of thioether (sulfide) groups is 2. The average Bonchev–Trinajstić information content (AvgIpc) is 2.65. The molecule has 0 aliphatic rings. The molecule has 0 radical (unpaired) electrons. The second-order valence-electron chi connectivity index (χ2n) is 6.06. The number of thiol groups is 1. The molecule has 3 amide bonds. The highest BCUT2D eigenvalue weighted by molar-refractivity contribution is 7.98. The highest BCUT2D eigenvalue weighted by atomic mass is 32.2. The van der Waals surface area contributed by atoms with E-state index >= 15 is 0 Å². The van der Waals surface area contributed by atoms with E-state index in [1.54, 1.807) is 0 Å². The highest BCUT2D eigenvalue weighted by Gasteiger charge is 2.29. The molecular formula is C16H30N4O5S3. The SMILES string of the molecule is CSCCC(NC(=O)C(C)N)C(=O)NC(CCSC)C(=O)NC(CS)C(=O)O. The zero-order chi connectivity index (χ0) is 21.7. The van der Waals surface area contributed by atoms with Crippen molar-refractivity contribution in [2.75, 3.05) is 29.8 Å². The summed E-state index contributed by atoms with van der Waals surface area (Å²) >= 11 is 6.93. The lowest BCUT2D eigenvalue weighted by Gasteiger charge is -2.24. The van der Waals surface area contributed by atoms with Gasteiger partial charge in [-0.05, 0) is 43.8 Å². The van der Waals surface area contributed by atoms with Gasteiger partial charge in [-0.2, -0.15) is 36.2 Å². The van der Waals surface area contributed by atoms with Crippen LogP contribution in [0.4, 0.5) is 0 Å². The highest BCUT2D eigenvalue weighted by Crippen LogP contribution is 2.06. The molecule has 0 aromatic heterocycles. The largest absolute Gasteiger partial charge is 0.480 e. The molecule has 0 bridgehead atoms. The lowest BCUT2D eigenvalue weighted by molar-refractivity contribution is -0.141. The van der Waals surface area contributed by atoms with Crippen molar-refractivity contribution in [3.05, 3.63) is 0 Å². The molecule has 4 atom stereocenters. The summed E-state index contributed by atoms with van der Waals surface area (Å²) in [5, 5.41) is 16.7. The molecule has 0 rings (SSSR count). The van der Waals surface area contributed by atoms with E-state index in [1.807, 2.05) is 12.5 Å². The van der Waals surface area contributed by atoms with Gasteiger partial charge in [0, 0.05) is 5.75 Å². The monoisotopic (exact) mass is 454 g/mol. The third-order valence-corrected chi connectivity index (χ3v) is 5.35. The second-order valence-corrected chi connectivity index (χ2v) is 8.39. The molecule has 6 N–H and O–H groups in total. The van der Waals surface area contributed by atoms with Crippen LogP contribution in [0.15, 0.2) is 0 Å². The van der Waals surface area contributed by atoms with Gasteiger partial charge < -0.3 is 26.8 Å². The van der Waals surface area contributed by atoms with Crippen LogP contribution in [0.1, 0.15) is 19.8 Å². The summed E-state index contributed by atoms with van der Waals surface area (Å²) in [5.74, 6) is -1.66. The first-order valence-electron chi connectivity index (χ1n) is 8.66. The van der Waals surface area contributed by atoms with Crippen molar-refractivity contribution in [2.45, 2.75) is 43.9 Å². The van der Waals surface area contributed by atoms with Gasteiger partial charge >= 0.3 is 5.97 Å². The number of amides is 3. The smallest absolute Gasteiger partial charge is 0.327 e. The van der Waals surface area contributed by atoms with Crippen LogP contribution in [0, 0.1) is 0 Å². The molecule has 0 fully saturated rings. The Labute approximate surface area is 179 Å². The number of carboxylic acid groups (broad SMARTS) is 1. The number of aliphatic carboxylic acids is 1. The fraction of sp³-hybridized carbons (Fsp3) is 0.750. The van der Waals surface area contributed by atoms with Gasteiger partial charge in [0.1, 0.15) is 18.1 Å². The van der Waals surface area contributed by atoms with Crippen LogP contribution in [0.3, 0.4) is 0 Å². The fourth-order valence-corrected chi connectivity index (χ4v) is 3.23. The van der Waals surface area contributed by atoms with E-state index in [2.05, 4.69) is 28.6 Å². The molecule has 0 spiro atoms. The van der Waals surface area contributed by atoms with Crippen LogP contribution in [-0.4, -0.2) is 82.7 Å². The van der Waals surface area contributed by atoms with E-state index < -0.39 is 47.9 Å². The van der Waals surface area contributed by atoms with E-state index in [9.17, 15) is 19.2 Å². The maximum atomic E-state index is 12.7. The van der Waals surface area contributed by atoms with E-state index in [1.165, 1.54) is 30.4 Å². The van der Waals surface area contributed by atoms with Crippen molar-refractivity contribution in [3.8, 4) is 0 Å². The number of rotatable bonds is 14. The number of carbonyl (C=O) groups is 4. The van der Waals surface area contributed by atoms with Gasteiger partial charge in [-0.3, -0.25) is 14.4 Å². The molecule has 12 heteroatoms. The molecule has 9 nitrogen and oxygen atoms in total. The first kappa shape index (κ1) is 26.9. The van der Waals surface area contributed by atoms with Gasteiger partial charge in [-0.1, -0.05) is 0 Å². The van der Waals surface area contributed by atoms with Gasteiger partial charge in [0.05, 0.1) is 6.04 Å². The Bertz CT molecular complexity index is 536. The number of nitrogens with one attached hydrogen (secondary N) is 3. The second kappa shape index (κ2) is 14.8. The first-order valence-corrected chi connectivity index (χ1v) is 12.1. The molecule has 4 unspecified atom stereocenters. The first-order chi connectivity index (χ1) is 13.2. The summed E-state index contributed by atoms with van der Waals surface area (Å²) in [6.07, 6.45) is 4.42. The number of hydrogen-bond donors (Lipinski definition) is 6. The molecule has 0 heterocycles. The molecule has 0 saturated heterocycles. The molecule has 0 saturated carbocycles. The minimum absolute atomic E-state index is 0.0783. The van der Waals surface area contributed by atoms with Gasteiger partial charge in [-0.15, -0.1) is 0 Å². The Morgan fingerprint density at radius 3 is 1.61 bits per heavy atom. The Kier molecular flexibility index (Phi) is 14.2. The lowest BCUT2D eigenvalue weighted by atomic mass is 10.1. The fourth-order valence-electron chi connectivity index (χ4n) is 2.04. The number of carbonyl (C=O) groups excluding carboxylic acids is 3. The van der Waals surface area contributed by atoms with Crippen LogP contribution in [0.5, 0.6) is 0 Å². The topological polar surface area (TPSA) is 151 Å². The van der Waals surface area contributed by atoms with Crippen LogP contribution in [0.2, 0.25) is 0 Å². The van der Waals surface area contributed by atoms with E-state index in [-0.39, 0.29) is 5.75 Å². The molecule has 162 valence electrons. The third kappa shape index (κ3) is 10.4. The maximum absolute atomic E-state index is 12.7. The zero-order valence-electron chi connectivity index (χ0n) is 16.3. The molecule has 0 aromatic carbocycles. The van der Waals surface area contributed by atoms with Crippen molar-refractivity contribution in [1.29, 1.82) is 0 Å². The van der Waals surface area contributed by atoms with Crippen molar-refractivity contribution in [3.63, 3.8) is 0 Å². The van der Waals surface area contributed by atoms with Crippen molar-refractivity contribution < 1.29 is 24.3 Å². The normalized spacial score (nSPS) is 15.0. The van der Waals surface area contributed by atoms with Gasteiger partial charge in [0.2, 0.25) is 17.7 Å². The summed E-state index contributed by atoms with van der Waals surface area (Å²) in [7, 11) is 0. The average molecular weight is 455 g/mol. The Morgan fingerprint density at radius 1 is 0.893 bits per heavy atom. The lowest BCUT2D eigenvalue weighted by Crippen LogP contribution is -2.57.